The smallest absolute Gasteiger partial charge is 0.321 e. The van der Waals surface area contributed by atoms with Crippen LogP contribution in [0.5, 0.6) is 0 Å². The summed E-state index contributed by atoms with van der Waals surface area (Å²) in [5.74, 6) is -0.761. The molecule has 1 aromatic heterocycles. The number of aromatic nitrogens is 1. The Kier molecular flexibility index (Phi) is 6.23. The van der Waals surface area contributed by atoms with E-state index < -0.39 is 30.5 Å². The van der Waals surface area contributed by atoms with Gasteiger partial charge in [0.1, 0.15) is 0 Å². The van der Waals surface area contributed by atoms with Crippen LogP contribution in [0.15, 0.2) is 77.9 Å². The number of rotatable bonds is 6. The van der Waals surface area contributed by atoms with E-state index in [1.807, 2.05) is 0 Å². The predicted octanol–water partition coefficient (Wildman–Crippen LogP) is 4.07. The Balaban J connectivity index is 1.69. The van der Waals surface area contributed by atoms with Gasteiger partial charge >= 0.3 is 6.03 Å². The lowest BCUT2D eigenvalue weighted by atomic mass is 9.90. The first-order valence-electron chi connectivity index (χ1n) is 13.2. The second-order valence-corrected chi connectivity index (χ2v) is 9.51. The van der Waals surface area contributed by atoms with Gasteiger partial charge in [0.2, 0.25) is 6.17 Å². The van der Waals surface area contributed by atoms with Gasteiger partial charge in [0.15, 0.2) is 5.78 Å². The number of pyridine rings is 1. The molecule has 0 saturated heterocycles. The third-order valence-corrected chi connectivity index (χ3v) is 5.79. The first kappa shape index (κ1) is 21.7. The second kappa shape index (κ2) is 10.6. The maximum Gasteiger partial charge on any atom is 0.321 e. The minimum Gasteiger partial charge on any atom is -0.388 e. The normalized spacial score (nSPS) is 16.8. The summed E-state index contributed by atoms with van der Waals surface area (Å²) < 4.78 is 22.1. The summed E-state index contributed by atoms with van der Waals surface area (Å²) in [5, 5.41) is 7.59. The Morgan fingerprint density at radius 1 is 1.03 bits per heavy atom. The highest BCUT2D eigenvalue weighted by Crippen LogP contribution is 2.29. The van der Waals surface area contributed by atoms with Gasteiger partial charge in [-0.15, -0.1) is 0 Å². The second-order valence-electron chi connectivity index (χ2n) is 9.51. The number of para-hydroxylation sites is 1. The van der Waals surface area contributed by atoms with Crippen LogP contribution >= 0.6 is 0 Å². The van der Waals surface area contributed by atoms with Crippen molar-refractivity contribution in [3.63, 3.8) is 0 Å². The number of anilines is 3. The van der Waals surface area contributed by atoms with Gasteiger partial charge in [-0.05, 0) is 36.4 Å². The number of nitrogens with one attached hydrogen (secondary N) is 3. The summed E-state index contributed by atoms with van der Waals surface area (Å²) in [6.07, 6.45) is 0.213. The molecular weight excluding hydrogens is 468 g/mol. The van der Waals surface area contributed by atoms with Crippen LogP contribution in [0.25, 0.3) is 0 Å². The zero-order valence-corrected chi connectivity index (χ0v) is 20.8. The van der Waals surface area contributed by atoms with E-state index in [0.29, 0.717) is 28.3 Å². The third-order valence-electron chi connectivity index (χ3n) is 5.79. The van der Waals surface area contributed by atoms with Crippen LogP contribution in [0.1, 0.15) is 36.1 Å². The van der Waals surface area contributed by atoms with Gasteiger partial charge in [-0.25, -0.2) is 9.79 Å². The lowest BCUT2D eigenvalue weighted by Crippen LogP contribution is -2.50. The van der Waals surface area contributed by atoms with Crippen molar-refractivity contribution in [1.29, 1.82) is 0 Å². The monoisotopic (exact) mass is 501 g/mol. The molecule has 1 aliphatic heterocycles. The minimum atomic E-state index is -2.41. The van der Waals surface area contributed by atoms with Gasteiger partial charge in [0.05, 0.1) is 23.6 Å². The van der Waals surface area contributed by atoms with E-state index in [1.165, 1.54) is 11.0 Å². The molecule has 0 aliphatic carbocycles. The van der Waals surface area contributed by atoms with Crippen molar-refractivity contribution < 1.29 is 18.5 Å². The standard InChI is InChI=1S/C28H30N6O3/c1-28(2,3)23(35)17-34-22-14-6-5-12-20(22)24(21-13-7-8-15-30-21)32-25(26(34)36)33-27(37)31-19-11-9-10-18(16-19)29-4/h5-16,25,29H,17H2,1-4H3,(H2,31,33,37)/t25-/m0/s1/i4D3. The molecule has 1 atom stereocenters. The number of hydrogen-bond donors (Lipinski definition) is 3. The van der Waals surface area contributed by atoms with Gasteiger partial charge in [0.25, 0.3) is 5.91 Å². The highest BCUT2D eigenvalue weighted by atomic mass is 16.2. The van der Waals surface area contributed by atoms with Crippen molar-refractivity contribution >= 4 is 40.5 Å². The van der Waals surface area contributed by atoms with Crippen molar-refractivity contribution in [2.75, 3.05) is 29.1 Å². The maximum atomic E-state index is 13.9. The first-order chi connectivity index (χ1) is 18.8. The average molecular weight is 502 g/mol. The lowest BCUT2D eigenvalue weighted by molar-refractivity contribution is -0.127. The van der Waals surface area contributed by atoms with E-state index in [2.05, 4.69) is 25.9 Å². The van der Waals surface area contributed by atoms with E-state index in [1.54, 1.807) is 87.6 Å². The topological polar surface area (TPSA) is 116 Å². The predicted molar refractivity (Wildman–Crippen MR) is 145 cm³/mol. The number of fused-ring (bicyclic) bond motifs is 1. The number of benzodiazepines with no additional fused rings is 1. The fourth-order valence-electron chi connectivity index (χ4n) is 3.74. The molecule has 190 valence electrons. The van der Waals surface area contributed by atoms with Crippen LogP contribution in [0, 0.1) is 5.41 Å². The van der Waals surface area contributed by atoms with Crippen molar-refractivity contribution in [3.05, 3.63) is 84.2 Å². The number of ketones is 1. The van der Waals surface area contributed by atoms with Crippen LogP contribution in [0.4, 0.5) is 21.9 Å². The molecular formula is C28H30N6O3. The van der Waals surface area contributed by atoms with Gasteiger partial charge in [-0.1, -0.05) is 51.1 Å². The molecule has 9 nitrogen and oxygen atoms in total. The highest BCUT2D eigenvalue weighted by molar-refractivity contribution is 6.20. The van der Waals surface area contributed by atoms with Crippen LogP contribution in [-0.4, -0.2) is 48.1 Å². The van der Waals surface area contributed by atoms with E-state index in [0.717, 1.165) is 0 Å². The Morgan fingerprint density at radius 3 is 2.51 bits per heavy atom. The summed E-state index contributed by atoms with van der Waals surface area (Å²) in [6, 6.07) is 17.8. The van der Waals surface area contributed by atoms with Crippen molar-refractivity contribution in [2.24, 2.45) is 10.4 Å². The van der Waals surface area contributed by atoms with Crippen molar-refractivity contribution in [3.8, 4) is 0 Å². The fourth-order valence-corrected chi connectivity index (χ4v) is 3.74. The van der Waals surface area contributed by atoms with Gasteiger partial charge in [0, 0.05) is 39.6 Å². The van der Waals surface area contributed by atoms with Crippen molar-refractivity contribution in [2.45, 2.75) is 26.9 Å². The van der Waals surface area contributed by atoms with E-state index >= 15 is 0 Å². The number of carbonyl (C=O) groups excluding carboxylic acids is 3. The Bertz CT molecular complexity index is 1450. The van der Waals surface area contributed by atoms with Gasteiger partial charge in [-0.3, -0.25) is 14.6 Å². The molecule has 3 aromatic rings. The third kappa shape index (κ3) is 5.83. The molecule has 3 N–H and O–H groups in total. The number of carbonyl (C=O) groups is 3. The lowest BCUT2D eigenvalue weighted by Gasteiger charge is -2.28. The zero-order chi connectivity index (χ0) is 29.1. The number of benzene rings is 2. The number of Topliss-reactive ketones (excluding diaryl/α,β-unsaturated/α-hetero) is 1. The summed E-state index contributed by atoms with van der Waals surface area (Å²) in [4.78, 5) is 50.4. The molecule has 0 radical (unpaired) electrons. The van der Waals surface area contributed by atoms with Crippen LogP contribution in [-0.2, 0) is 9.59 Å². The van der Waals surface area contributed by atoms with E-state index in [9.17, 15) is 14.4 Å². The van der Waals surface area contributed by atoms with Crippen LogP contribution in [0.2, 0.25) is 0 Å². The van der Waals surface area contributed by atoms with Crippen LogP contribution < -0.4 is 20.9 Å². The maximum absolute atomic E-state index is 13.9. The Hall–Kier alpha value is -4.53. The quantitative estimate of drug-likeness (QED) is 0.471. The number of nitrogens with zero attached hydrogens (tertiary/aromatic N) is 3. The molecule has 0 saturated carbocycles. The summed E-state index contributed by atoms with van der Waals surface area (Å²) >= 11 is 0. The van der Waals surface area contributed by atoms with Gasteiger partial charge in [-0.2, -0.15) is 0 Å². The molecule has 2 heterocycles. The molecule has 4 rings (SSSR count). The minimum absolute atomic E-state index is 0.168. The SMILES string of the molecule is [2H]C([2H])([2H])Nc1cccc(NC(=O)N[C@@H]2N=C(c3ccccn3)c3ccccc3N(CC(=O)C(C)(C)C)C2=O)c1. The number of amides is 3. The first-order valence-corrected chi connectivity index (χ1v) is 11.7. The van der Waals surface area contributed by atoms with Crippen LogP contribution in [0.3, 0.4) is 0 Å². The molecule has 37 heavy (non-hydrogen) atoms. The van der Waals surface area contributed by atoms with Gasteiger partial charge < -0.3 is 20.9 Å². The Labute approximate surface area is 220 Å². The van der Waals surface area contributed by atoms with Crippen molar-refractivity contribution in [1.82, 2.24) is 10.3 Å². The molecule has 9 heteroatoms. The number of aliphatic imine (C=N–C) groups is 1. The molecule has 3 amide bonds. The Morgan fingerprint density at radius 2 is 1.78 bits per heavy atom. The molecule has 0 fully saturated rings. The number of hydrogen-bond acceptors (Lipinski definition) is 6. The summed E-state index contributed by atoms with van der Waals surface area (Å²) in [7, 11) is 0. The van der Waals surface area contributed by atoms with E-state index in [-0.39, 0.29) is 18.0 Å². The molecule has 0 unspecified atom stereocenters. The average Bonchev–Trinajstić information content (AvgIpc) is 2.98. The highest BCUT2D eigenvalue weighted by Gasteiger charge is 2.36. The zero-order valence-electron chi connectivity index (χ0n) is 23.8. The molecule has 0 spiro atoms. The largest absolute Gasteiger partial charge is 0.388 e. The fraction of sp³-hybridized carbons (Fsp3) is 0.250. The molecule has 2 aromatic carbocycles. The summed E-state index contributed by atoms with van der Waals surface area (Å²) in [5.41, 5.74) is 1.80. The molecule has 1 aliphatic rings. The number of urea groups is 1. The molecule has 0 bridgehead atoms. The summed E-state index contributed by atoms with van der Waals surface area (Å²) in [6.45, 7) is 2.70. The van der Waals surface area contributed by atoms with E-state index in [4.69, 9.17) is 4.11 Å².